The Bertz CT molecular complexity index is 971. The van der Waals surface area contributed by atoms with Crippen LogP contribution in [0.4, 0.5) is 9.59 Å². The van der Waals surface area contributed by atoms with Gasteiger partial charge in [-0.3, -0.25) is 4.90 Å². The first kappa shape index (κ1) is 30.6. The van der Waals surface area contributed by atoms with Crippen LogP contribution in [0.15, 0.2) is 43.0 Å². The number of amides is 2. The fourth-order valence-electron chi connectivity index (χ4n) is 3.44. The molecule has 1 aromatic rings. The summed E-state index contributed by atoms with van der Waals surface area (Å²) in [4.78, 5) is 52.1. The lowest BCUT2D eigenvalue weighted by Crippen LogP contribution is -2.54. The van der Waals surface area contributed by atoms with Crippen molar-refractivity contribution in [2.45, 2.75) is 77.4 Å². The number of ether oxygens (including phenoxy) is 5. The summed E-state index contributed by atoms with van der Waals surface area (Å²) in [5.41, 5.74) is -1.30. The van der Waals surface area contributed by atoms with Crippen LogP contribution in [0.2, 0.25) is 0 Å². The fraction of sp³-hybridized carbons (Fsp3) is 0.556. The van der Waals surface area contributed by atoms with Crippen molar-refractivity contribution in [1.82, 2.24) is 10.2 Å². The Balaban J connectivity index is 2.15. The van der Waals surface area contributed by atoms with Crippen molar-refractivity contribution >= 4 is 24.1 Å². The van der Waals surface area contributed by atoms with Crippen molar-refractivity contribution in [3.8, 4) is 0 Å². The Hall–Kier alpha value is -3.60. The summed E-state index contributed by atoms with van der Waals surface area (Å²) in [6.45, 7) is 11.4. The molecule has 11 nitrogen and oxygen atoms in total. The van der Waals surface area contributed by atoms with Gasteiger partial charge in [0.1, 0.15) is 31.1 Å². The van der Waals surface area contributed by atoms with Gasteiger partial charge in [-0.1, -0.05) is 43.0 Å². The van der Waals surface area contributed by atoms with Crippen LogP contribution in [0.1, 0.15) is 53.0 Å². The standard InChI is InChI=1S/C27H38N2O9/c1-7-16-35-25(33)29(27(14-15-27)23(31)34-8-2)18-37-19(3)21(22(30)38-26(4,5)6)28-24(32)36-17-20-12-10-9-11-13-20/h7,9-13,19,21H,1,8,14-18H2,2-6H3,(H,28,32)/t19-,21+/m1/s1. The summed E-state index contributed by atoms with van der Waals surface area (Å²) in [6, 6.07) is 7.77. The van der Waals surface area contributed by atoms with Crippen molar-refractivity contribution < 1.29 is 42.9 Å². The zero-order valence-corrected chi connectivity index (χ0v) is 22.7. The Kier molecular flexibility index (Phi) is 11.1. The van der Waals surface area contributed by atoms with E-state index in [1.165, 1.54) is 13.0 Å². The molecule has 0 heterocycles. The number of esters is 2. The van der Waals surface area contributed by atoms with E-state index >= 15 is 0 Å². The predicted octanol–water partition coefficient (Wildman–Crippen LogP) is 3.71. The van der Waals surface area contributed by atoms with Crippen LogP contribution in [-0.2, 0) is 39.9 Å². The molecule has 210 valence electrons. The van der Waals surface area contributed by atoms with E-state index in [-0.39, 0.29) is 19.8 Å². The predicted molar refractivity (Wildman–Crippen MR) is 137 cm³/mol. The topological polar surface area (TPSA) is 130 Å². The average Bonchev–Trinajstić information content (AvgIpc) is 3.66. The van der Waals surface area contributed by atoms with E-state index in [1.807, 2.05) is 18.2 Å². The molecular weight excluding hydrogens is 496 g/mol. The molecule has 1 aliphatic carbocycles. The van der Waals surface area contributed by atoms with Crippen molar-refractivity contribution in [1.29, 1.82) is 0 Å². The largest absolute Gasteiger partial charge is 0.464 e. The third-order valence-corrected chi connectivity index (χ3v) is 5.52. The van der Waals surface area contributed by atoms with Crippen LogP contribution in [0.25, 0.3) is 0 Å². The number of benzene rings is 1. The molecule has 0 bridgehead atoms. The highest BCUT2D eigenvalue weighted by Gasteiger charge is 2.59. The number of rotatable bonds is 13. The van der Waals surface area contributed by atoms with E-state index in [4.69, 9.17) is 23.7 Å². The lowest BCUT2D eigenvalue weighted by Gasteiger charge is -2.32. The highest BCUT2D eigenvalue weighted by atomic mass is 16.6. The fourth-order valence-corrected chi connectivity index (χ4v) is 3.44. The Morgan fingerprint density at radius 3 is 2.32 bits per heavy atom. The Morgan fingerprint density at radius 1 is 1.11 bits per heavy atom. The maximum Gasteiger partial charge on any atom is 0.412 e. The number of alkyl carbamates (subject to hydrolysis) is 1. The van der Waals surface area contributed by atoms with Gasteiger partial charge in [0.15, 0.2) is 6.04 Å². The van der Waals surface area contributed by atoms with E-state index in [9.17, 15) is 19.2 Å². The molecule has 1 fully saturated rings. The normalized spacial score (nSPS) is 15.3. The SMILES string of the molecule is C=CCOC(=O)N(CO[C@H](C)[C@H](NC(=O)OCc1ccccc1)C(=O)OC(C)(C)C)C1(C(=O)OCC)CC1. The molecule has 0 aliphatic heterocycles. The molecule has 0 saturated heterocycles. The number of nitrogens with zero attached hydrogens (tertiary/aromatic N) is 1. The molecule has 0 unspecified atom stereocenters. The van der Waals surface area contributed by atoms with Crippen LogP contribution < -0.4 is 5.32 Å². The van der Waals surface area contributed by atoms with Crippen LogP contribution in [0.5, 0.6) is 0 Å². The lowest BCUT2D eigenvalue weighted by atomic mass is 10.1. The number of carbonyl (C=O) groups is 4. The zero-order valence-electron chi connectivity index (χ0n) is 22.7. The van der Waals surface area contributed by atoms with Gasteiger partial charge in [-0.2, -0.15) is 0 Å². The van der Waals surface area contributed by atoms with Gasteiger partial charge in [0.25, 0.3) is 0 Å². The van der Waals surface area contributed by atoms with Crippen LogP contribution in [-0.4, -0.2) is 72.3 Å². The maximum atomic E-state index is 13.0. The first-order valence-electron chi connectivity index (χ1n) is 12.5. The second-order valence-electron chi connectivity index (χ2n) is 9.76. The Labute approximate surface area is 223 Å². The van der Waals surface area contributed by atoms with Gasteiger partial charge < -0.3 is 29.0 Å². The summed E-state index contributed by atoms with van der Waals surface area (Å²) in [5, 5.41) is 2.49. The minimum absolute atomic E-state index is 0.00602. The highest BCUT2D eigenvalue weighted by molar-refractivity contribution is 5.89. The third kappa shape index (κ3) is 9.05. The molecule has 1 N–H and O–H groups in total. The molecule has 0 radical (unpaired) electrons. The van der Waals surface area contributed by atoms with Crippen LogP contribution in [0, 0.1) is 0 Å². The summed E-state index contributed by atoms with van der Waals surface area (Å²) in [6.07, 6.45) is -0.507. The van der Waals surface area contributed by atoms with E-state index < -0.39 is 54.1 Å². The second-order valence-corrected chi connectivity index (χ2v) is 9.76. The minimum atomic E-state index is -1.28. The summed E-state index contributed by atoms with van der Waals surface area (Å²) in [7, 11) is 0. The van der Waals surface area contributed by atoms with Gasteiger partial charge >= 0.3 is 24.1 Å². The highest BCUT2D eigenvalue weighted by Crippen LogP contribution is 2.43. The van der Waals surface area contributed by atoms with Gasteiger partial charge in [0, 0.05) is 0 Å². The van der Waals surface area contributed by atoms with Crippen molar-refractivity contribution in [3.05, 3.63) is 48.6 Å². The smallest absolute Gasteiger partial charge is 0.412 e. The first-order valence-corrected chi connectivity index (χ1v) is 12.5. The third-order valence-electron chi connectivity index (χ3n) is 5.52. The summed E-state index contributed by atoms with van der Waals surface area (Å²) < 4.78 is 26.9. The number of nitrogens with one attached hydrogen (secondary N) is 1. The van der Waals surface area contributed by atoms with Crippen molar-refractivity contribution in [3.63, 3.8) is 0 Å². The zero-order chi connectivity index (χ0) is 28.3. The summed E-state index contributed by atoms with van der Waals surface area (Å²) in [5.74, 6) is -1.33. The lowest BCUT2D eigenvalue weighted by molar-refractivity contribution is -0.164. The molecule has 0 spiro atoms. The summed E-state index contributed by atoms with van der Waals surface area (Å²) >= 11 is 0. The second kappa shape index (κ2) is 13.8. The molecule has 2 amide bonds. The average molecular weight is 535 g/mol. The molecule has 0 aromatic heterocycles. The number of carbonyl (C=O) groups excluding carboxylic acids is 4. The molecule has 2 atom stereocenters. The molecule has 1 saturated carbocycles. The van der Waals surface area contributed by atoms with E-state index in [2.05, 4.69) is 11.9 Å². The van der Waals surface area contributed by atoms with E-state index in [0.717, 1.165) is 10.5 Å². The van der Waals surface area contributed by atoms with Gasteiger partial charge in [-0.25, -0.2) is 19.2 Å². The van der Waals surface area contributed by atoms with Gasteiger partial charge in [-0.05, 0) is 53.0 Å². The molecule has 1 aromatic carbocycles. The molecule has 2 rings (SSSR count). The molecule has 1 aliphatic rings. The van der Waals surface area contributed by atoms with Gasteiger partial charge in [-0.15, -0.1) is 0 Å². The quantitative estimate of drug-likeness (QED) is 0.174. The van der Waals surface area contributed by atoms with Crippen LogP contribution in [0.3, 0.4) is 0 Å². The maximum absolute atomic E-state index is 13.0. The minimum Gasteiger partial charge on any atom is -0.464 e. The molecular formula is C27H38N2O9. The number of hydrogen-bond acceptors (Lipinski definition) is 9. The van der Waals surface area contributed by atoms with E-state index in [0.29, 0.717) is 12.8 Å². The molecule has 38 heavy (non-hydrogen) atoms. The van der Waals surface area contributed by atoms with Crippen LogP contribution >= 0.6 is 0 Å². The molecule has 11 heteroatoms. The van der Waals surface area contributed by atoms with Crippen molar-refractivity contribution in [2.24, 2.45) is 0 Å². The van der Waals surface area contributed by atoms with Crippen molar-refractivity contribution in [2.75, 3.05) is 19.9 Å². The number of hydrogen-bond donors (Lipinski definition) is 1. The Morgan fingerprint density at radius 2 is 1.76 bits per heavy atom. The first-order chi connectivity index (χ1) is 17.9. The van der Waals surface area contributed by atoms with Gasteiger partial charge in [0.2, 0.25) is 0 Å². The van der Waals surface area contributed by atoms with Gasteiger partial charge in [0.05, 0.1) is 12.7 Å². The van der Waals surface area contributed by atoms with E-state index in [1.54, 1.807) is 39.8 Å². The monoisotopic (exact) mass is 534 g/mol.